The van der Waals surface area contributed by atoms with Crippen LogP contribution in [0.1, 0.15) is 5.56 Å². The molecule has 4 nitrogen and oxygen atoms in total. The highest BCUT2D eigenvalue weighted by Gasteiger charge is 2.08. The molecule has 3 aromatic rings. The smallest absolute Gasteiger partial charge is 0.230 e. The average molecular weight is 315 g/mol. The fourth-order valence-corrected chi connectivity index (χ4v) is 2.05. The van der Waals surface area contributed by atoms with Crippen molar-refractivity contribution in [3.05, 3.63) is 52.8 Å². The third-order valence-corrected chi connectivity index (χ3v) is 3.31. The number of hydrogen-bond acceptors (Lipinski definition) is 4. The van der Waals surface area contributed by atoms with E-state index in [2.05, 4.69) is 27.0 Å². The summed E-state index contributed by atoms with van der Waals surface area (Å²) in [6.07, 6.45) is 3.20. The summed E-state index contributed by atoms with van der Waals surface area (Å²) in [5.74, 6) is 1.01. The van der Waals surface area contributed by atoms with Crippen molar-refractivity contribution in [3.8, 4) is 17.7 Å². The lowest BCUT2D eigenvalue weighted by Crippen LogP contribution is -1.89. The Balaban J connectivity index is 2.02. The van der Waals surface area contributed by atoms with Gasteiger partial charge in [-0.25, -0.2) is 4.98 Å². The molecule has 3 rings (SSSR count). The molecule has 0 amide bonds. The van der Waals surface area contributed by atoms with Crippen LogP contribution in [0.15, 0.2) is 51.7 Å². The summed E-state index contributed by atoms with van der Waals surface area (Å²) in [4.78, 5) is 4.18. The third-order valence-electron chi connectivity index (χ3n) is 2.62. The zero-order chi connectivity index (χ0) is 13.2. The molecule has 5 heteroatoms. The number of nitrogens with zero attached hydrogens (tertiary/aromatic N) is 2. The van der Waals surface area contributed by atoms with Gasteiger partial charge >= 0.3 is 0 Å². The van der Waals surface area contributed by atoms with Crippen molar-refractivity contribution in [2.45, 2.75) is 0 Å². The predicted octanol–water partition coefficient (Wildman–Crippen LogP) is 4.25. The molecule has 19 heavy (non-hydrogen) atoms. The van der Waals surface area contributed by atoms with Gasteiger partial charge in [-0.15, -0.1) is 0 Å². The van der Waals surface area contributed by atoms with Gasteiger partial charge in [0.2, 0.25) is 5.88 Å². The number of ether oxygens (including phenoxy) is 1. The van der Waals surface area contributed by atoms with Gasteiger partial charge in [0.05, 0.1) is 17.2 Å². The molecule has 0 aliphatic rings. The molecule has 2 heterocycles. The molecule has 0 aliphatic carbocycles. The Kier molecular flexibility index (Phi) is 2.94. The molecular weight excluding hydrogens is 308 g/mol. The summed E-state index contributed by atoms with van der Waals surface area (Å²) in [6.45, 7) is 0. The van der Waals surface area contributed by atoms with Crippen LogP contribution >= 0.6 is 15.9 Å². The van der Waals surface area contributed by atoms with Gasteiger partial charge in [0.25, 0.3) is 0 Å². The molecule has 0 saturated heterocycles. The van der Waals surface area contributed by atoms with E-state index >= 15 is 0 Å². The first kappa shape index (κ1) is 11.8. The highest BCUT2D eigenvalue weighted by Crippen LogP contribution is 2.30. The maximum absolute atomic E-state index is 8.98. The minimum Gasteiger partial charge on any atom is -0.464 e. The van der Waals surface area contributed by atoms with Crippen LogP contribution in [-0.2, 0) is 0 Å². The third kappa shape index (κ3) is 2.18. The molecule has 0 bridgehead atoms. The first-order valence-electron chi connectivity index (χ1n) is 5.47. The normalized spacial score (nSPS) is 10.3. The van der Waals surface area contributed by atoms with E-state index in [0.29, 0.717) is 22.8 Å². The molecule has 92 valence electrons. The predicted molar refractivity (Wildman–Crippen MR) is 72.9 cm³/mol. The van der Waals surface area contributed by atoms with Gasteiger partial charge in [0.1, 0.15) is 17.4 Å². The lowest BCUT2D eigenvalue weighted by molar-refractivity contribution is 0.468. The van der Waals surface area contributed by atoms with Crippen molar-refractivity contribution in [3.63, 3.8) is 0 Å². The molecule has 0 atom stereocenters. The molecular formula is C14H7BrN2O2. The van der Waals surface area contributed by atoms with Crippen LogP contribution in [-0.4, -0.2) is 4.98 Å². The van der Waals surface area contributed by atoms with Crippen LogP contribution in [0.5, 0.6) is 11.6 Å². The van der Waals surface area contributed by atoms with E-state index in [1.165, 1.54) is 0 Å². The molecule has 0 aliphatic heterocycles. The maximum atomic E-state index is 8.98. The second-order valence-corrected chi connectivity index (χ2v) is 4.66. The molecule has 0 saturated carbocycles. The average Bonchev–Trinajstić information content (AvgIpc) is 2.90. The van der Waals surface area contributed by atoms with Crippen molar-refractivity contribution in [1.82, 2.24) is 4.98 Å². The van der Waals surface area contributed by atoms with Crippen LogP contribution < -0.4 is 4.74 Å². The Bertz CT molecular complexity index is 789. The monoisotopic (exact) mass is 314 g/mol. The highest BCUT2D eigenvalue weighted by molar-refractivity contribution is 9.10. The summed E-state index contributed by atoms with van der Waals surface area (Å²) in [5, 5.41) is 9.78. The summed E-state index contributed by atoms with van der Waals surface area (Å²) in [6, 6.07) is 10.8. The van der Waals surface area contributed by atoms with E-state index in [4.69, 9.17) is 14.4 Å². The molecule has 0 spiro atoms. The summed E-state index contributed by atoms with van der Waals surface area (Å²) in [5.41, 5.74) is 1.22. The van der Waals surface area contributed by atoms with Crippen LogP contribution in [0.2, 0.25) is 0 Å². The number of nitriles is 1. The first-order chi connectivity index (χ1) is 9.28. The van der Waals surface area contributed by atoms with Gasteiger partial charge in [-0.2, -0.15) is 5.26 Å². The topological polar surface area (TPSA) is 59.0 Å². The minimum atomic E-state index is 0.456. The fourth-order valence-electron chi connectivity index (χ4n) is 1.72. The second-order valence-electron chi connectivity index (χ2n) is 3.80. The SMILES string of the molecule is N#Cc1cc(Oc2nccc3occc23)ccc1Br. The zero-order valence-electron chi connectivity index (χ0n) is 9.63. The summed E-state index contributed by atoms with van der Waals surface area (Å²) in [7, 11) is 0. The van der Waals surface area contributed by atoms with Crippen molar-refractivity contribution in [2.75, 3.05) is 0 Å². The Hall–Kier alpha value is -2.32. The van der Waals surface area contributed by atoms with E-state index in [0.717, 1.165) is 9.86 Å². The van der Waals surface area contributed by atoms with Crippen molar-refractivity contribution in [2.24, 2.45) is 0 Å². The molecule has 1 aromatic carbocycles. The molecule has 2 aromatic heterocycles. The zero-order valence-corrected chi connectivity index (χ0v) is 11.2. The van der Waals surface area contributed by atoms with Gasteiger partial charge in [-0.3, -0.25) is 0 Å². The first-order valence-corrected chi connectivity index (χ1v) is 6.27. The molecule has 0 radical (unpaired) electrons. The maximum Gasteiger partial charge on any atom is 0.230 e. The van der Waals surface area contributed by atoms with E-state index in [1.54, 1.807) is 42.8 Å². The van der Waals surface area contributed by atoms with E-state index in [9.17, 15) is 0 Å². The van der Waals surface area contributed by atoms with E-state index < -0.39 is 0 Å². The number of aromatic nitrogens is 1. The molecule has 0 fully saturated rings. The summed E-state index contributed by atoms with van der Waals surface area (Å²) < 4.78 is 11.7. The Morgan fingerprint density at radius 1 is 1.26 bits per heavy atom. The lowest BCUT2D eigenvalue weighted by Gasteiger charge is -2.06. The van der Waals surface area contributed by atoms with E-state index in [1.807, 2.05) is 0 Å². The Morgan fingerprint density at radius 3 is 3.00 bits per heavy atom. The van der Waals surface area contributed by atoms with Crippen molar-refractivity contribution in [1.29, 1.82) is 5.26 Å². The van der Waals surface area contributed by atoms with Crippen molar-refractivity contribution >= 4 is 26.9 Å². The number of halogens is 1. The van der Waals surface area contributed by atoms with E-state index in [-0.39, 0.29) is 0 Å². The number of benzene rings is 1. The van der Waals surface area contributed by atoms with Gasteiger partial charge in [-0.1, -0.05) is 0 Å². The fraction of sp³-hybridized carbons (Fsp3) is 0. The van der Waals surface area contributed by atoms with Crippen LogP contribution in [0.25, 0.3) is 11.0 Å². The standard InChI is InChI=1S/C14H7BrN2O2/c15-12-2-1-10(7-9(12)8-16)19-14-11-4-6-18-13(11)3-5-17-14/h1-7H. The number of pyridine rings is 1. The second kappa shape index (κ2) is 4.75. The van der Waals surface area contributed by atoms with Crippen LogP contribution in [0.3, 0.4) is 0 Å². The Morgan fingerprint density at radius 2 is 2.16 bits per heavy atom. The highest BCUT2D eigenvalue weighted by atomic mass is 79.9. The van der Waals surface area contributed by atoms with Gasteiger partial charge in [-0.05, 0) is 46.3 Å². The quantitative estimate of drug-likeness (QED) is 0.709. The Labute approximate surface area is 117 Å². The van der Waals surface area contributed by atoms with Crippen LogP contribution in [0.4, 0.5) is 0 Å². The largest absolute Gasteiger partial charge is 0.464 e. The number of furan rings is 1. The number of fused-ring (bicyclic) bond motifs is 1. The van der Waals surface area contributed by atoms with Crippen molar-refractivity contribution < 1.29 is 9.15 Å². The number of rotatable bonds is 2. The summed E-state index contributed by atoms with van der Waals surface area (Å²) >= 11 is 3.30. The molecule has 0 N–H and O–H groups in total. The van der Waals surface area contributed by atoms with Gasteiger partial charge < -0.3 is 9.15 Å². The van der Waals surface area contributed by atoms with Crippen LogP contribution in [0, 0.1) is 11.3 Å². The van der Waals surface area contributed by atoms with Gasteiger partial charge in [0, 0.05) is 10.7 Å². The van der Waals surface area contributed by atoms with Gasteiger partial charge in [0.15, 0.2) is 0 Å². The minimum absolute atomic E-state index is 0.456. The molecule has 0 unspecified atom stereocenters. The lowest BCUT2D eigenvalue weighted by atomic mass is 10.2. The number of hydrogen-bond donors (Lipinski definition) is 0.